The fraction of sp³-hybridized carbons (Fsp3) is 0.333. The number of aliphatic hydroxyl groups is 1. The lowest BCUT2D eigenvalue weighted by Gasteiger charge is -2.32. The van der Waals surface area contributed by atoms with Gasteiger partial charge in [0.25, 0.3) is 11.5 Å². The number of benzene rings is 1. The number of carbonyl (C=O) groups excluding carboxylic acids is 1. The van der Waals surface area contributed by atoms with Crippen LogP contribution in [0.15, 0.2) is 29.4 Å². The van der Waals surface area contributed by atoms with Gasteiger partial charge in [0.1, 0.15) is 5.71 Å². The summed E-state index contributed by atoms with van der Waals surface area (Å²) in [5.74, 6) is -0.863. The summed E-state index contributed by atoms with van der Waals surface area (Å²) in [5.41, 5.74) is 0.541. The first-order valence-corrected chi connectivity index (χ1v) is 5.87. The van der Waals surface area contributed by atoms with Gasteiger partial charge >= 0.3 is 12.4 Å². The number of primary amides is 1. The summed E-state index contributed by atoms with van der Waals surface area (Å²) in [4.78, 5) is 10.7. The Morgan fingerprint density at radius 3 is 1.87 bits per heavy atom. The molecule has 0 spiro atoms. The number of anilines is 1. The molecular weight excluding hydrogens is 332 g/mol. The van der Waals surface area contributed by atoms with Gasteiger partial charge in [-0.3, -0.25) is 10.2 Å². The molecule has 0 aliphatic heterocycles. The lowest BCUT2D eigenvalue weighted by Crippen LogP contribution is -2.53. The average molecular weight is 343 g/mol. The van der Waals surface area contributed by atoms with Crippen molar-refractivity contribution in [1.29, 1.82) is 0 Å². The van der Waals surface area contributed by atoms with Crippen molar-refractivity contribution in [1.82, 2.24) is 0 Å². The van der Waals surface area contributed by atoms with Crippen LogP contribution in [0.1, 0.15) is 12.5 Å². The number of hydrogen-bond acceptors (Lipinski definition) is 4. The zero-order valence-electron chi connectivity index (χ0n) is 11.5. The van der Waals surface area contributed by atoms with Crippen LogP contribution in [0, 0.1) is 0 Å². The number of halogens is 6. The Morgan fingerprint density at radius 2 is 1.52 bits per heavy atom. The number of alkyl halides is 6. The summed E-state index contributed by atoms with van der Waals surface area (Å²) in [6.45, 7) is 1.25. The molecule has 0 radical (unpaired) electrons. The fourth-order valence-electron chi connectivity index (χ4n) is 1.48. The van der Waals surface area contributed by atoms with Gasteiger partial charge in [-0.25, -0.2) is 0 Å². The molecule has 11 heteroatoms. The van der Waals surface area contributed by atoms with Crippen molar-refractivity contribution in [2.45, 2.75) is 24.9 Å². The van der Waals surface area contributed by atoms with E-state index in [2.05, 4.69) is 10.5 Å². The Bertz CT molecular complexity index is 593. The Balaban J connectivity index is 3.16. The quantitative estimate of drug-likeness (QED) is 0.445. The summed E-state index contributed by atoms with van der Waals surface area (Å²) >= 11 is 0. The number of nitrogens with zero attached hydrogens (tertiary/aromatic N) is 1. The topological polar surface area (TPSA) is 87.7 Å². The number of rotatable bonds is 4. The van der Waals surface area contributed by atoms with Crippen LogP contribution in [0.3, 0.4) is 0 Å². The molecule has 23 heavy (non-hydrogen) atoms. The number of nitrogens with one attached hydrogen (secondary N) is 1. The molecule has 0 saturated heterocycles. The zero-order valence-corrected chi connectivity index (χ0v) is 11.5. The van der Waals surface area contributed by atoms with E-state index in [9.17, 15) is 36.2 Å². The van der Waals surface area contributed by atoms with Gasteiger partial charge in [0.05, 0.1) is 5.69 Å². The summed E-state index contributed by atoms with van der Waals surface area (Å²) in [5, 5.41) is 12.6. The average Bonchev–Trinajstić information content (AvgIpc) is 2.41. The second-order valence-electron chi connectivity index (χ2n) is 4.46. The third-order valence-corrected chi connectivity index (χ3v) is 2.83. The number of nitrogens with two attached hydrogens (primary N) is 1. The first-order valence-electron chi connectivity index (χ1n) is 5.87. The van der Waals surface area contributed by atoms with Crippen molar-refractivity contribution >= 4 is 17.3 Å². The maximum Gasteiger partial charge on any atom is 0.430 e. The molecule has 0 saturated carbocycles. The molecule has 5 nitrogen and oxygen atoms in total. The molecule has 1 amide bonds. The van der Waals surface area contributed by atoms with Crippen LogP contribution in [-0.2, 0) is 10.4 Å². The lowest BCUT2D eigenvalue weighted by molar-refractivity contribution is -0.376. The molecule has 0 bridgehead atoms. The minimum Gasteiger partial charge on any atom is -0.369 e. The molecule has 4 N–H and O–H groups in total. The molecule has 0 heterocycles. The predicted molar refractivity (Wildman–Crippen MR) is 68.4 cm³/mol. The lowest BCUT2D eigenvalue weighted by atomic mass is 9.92. The molecule has 1 aromatic carbocycles. The number of carbonyl (C=O) groups is 1. The summed E-state index contributed by atoms with van der Waals surface area (Å²) in [6, 6.07) is 2.54. The van der Waals surface area contributed by atoms with Gasteiger partial charge in [-0.1, -0.05) is 12.1 Å². The zero-order chi connectivity index (χ0) is 18.1. The smallest absolute Gasteiger partial charge is 0.369 e. The number of hydrazone groups is 1. The third-order valence-electron chi connectivity index (χ3n) is 2.83. The fourth-order valence-corrected chi connectivity index (χ4v) is 1.48. The van der Waals surface area contributed by atoms with E-state index in [0.29, 0.717) is 12.1 Å². The van der Waals surface area contributed by atoms with E-state index < -0.39 is 29.4 Å². The Labute approximate surface area is 125 Å². The van der Waals surface area contributed by atoms with Crippen LogP contribution in [0.25, 0.3) is 0 Å². The number of amides is 1. The van der Waals surface area contributed by atoms with Crippen molar-refractivity contribution in [3.05, 3.63) is 29.8 Å². The van der Waals surface area contributed by atoms with Gasteiger partial charge in [-0.15, -0.1) is 0 Å². The monoisotopic (exact) mass is 343 g/mol. The van der Waals surface area contributed by atoms with E-state index in [-0.39, 0.29) is 11.4 Å². The van der Waals surface area contributed by atoms with E-state index in [0.717, 1.165) is 12.1 Å². The van der Waals surface area contributed by atoms with E-state index in [1.54, 1.807) is 0 Å². The number of hydrogen-bond donors (Lipinski definition) is 3. The highest BCUT2D eigenvalue weighted by Gasteiger charge is 2.71. The van der Waals surface area contributed by atoms with Gasteiger partial charge in [-0.05, 0) is 19.1 Å². The maximum atomic E-state index is 12.7. The minimum atomic E-state index is -5.96. The molecule has 0 unspecified atom stereocenters. The highest BCUT2D eigenvalue weighted by atomic mass is 19.4. The van der Waals surface area contributed by atoms with Crippen molar-refractivity contribution in [3.8, 4) is 0 Å². The molecule has 1 aromatic rings. The van der Waals surface area contributed by atoms with Gasteiger partial charge in [0.2, 0.25) is 0 Å². The molecule has 0 aromatic heterocycles. The maximum absolute atomic E-state index is 12.7. The van der Waals surface area contributed by atoms with Crippen LogP contribution in [-0.4, -0.2) is 29.1 Å². The highest BCUT2D eigenvalue weighted by Crippen LogP contribution is 2.50. The molecule has 0 aliphatic carbocycles. The molecule has 0 aliphatic rings. The van der Waals surface area contributed by atoms with E-state index in [1.807, 2.05) is 0 Å². The van der Waals surface area contributed by atoms with E-state index in [1.165, 1.54) is 6.92 Å². The van der Waals surface area contributed by atoms with Crippen LogP contribution in [0.5, 0.6) is 0 Å². The Morgan fingerprint density at radius 1 is 1.09 bits per heavy atom. The first kappa shape index (κ1) is 18.7. The van der Waals surface area contributed by atoms with Crippen molar-refractivity contribution in [2.24, 2.45) is 10.8 Å². The molecule has 0 fully saturated rings. The van der Waals surface area contributed by atoms with Crippen molar-refractivity contribution in [3.63, 3.8) is 0 Å². The second-order valence-corrected chi connectivity index (χ2v) is 4.46. The predicted octanol–water partition coefficient (Wildman–Crippen LogP) is 2.27. The SMILES string of the molecule is CC(=NNc1ccc(C(O)(C(F)(F)F)C(F)(F)F)cc1)C(N)=O. The summed E-state index contributed by atoms with van der Waals surface area (Å²) < 4.78 is 76.0. The molecule has 128 valence electrons. The first-order chi connectivity index (χ1) is 10.3. The van der Waals surface area contributed by atoms with Gasteiger partial charge in [0, 0.05) is 5.56 Å². The summed E-state index contributed by atoms with van der Waals surface area (Å²) in [6.07, 6.45) is -11.9. The van der Waals surface area contributed by atoms with Crippen LogP contribution >= 0.6 is 0 Å². The van der Waals surface area contributed by atoms with Gasteiger partial charge in [-0.2, -0.15) is 31.4 Å². The second kappa shape index (κ2) is 6.07. The van der Waals surface area contributed by atoms with E-state index >= 15 is 0 Å². The third kappa shape index (κ3) is 3.73. The Kier molecular flexibility index (Phi) is 4.94. The van der Waals surface area contributed by atoms with Crippen LogP contribution < -0.4 is 11.2 Å². The van der Waals surface area contributed by atoms with Crippen molar-refractivity contribution < 1.29 is 36.2 Å². The Hall–Kier alpha value is -2.30. The van der Waals surface area contributed by atoms with Crippen molar-refractivity contribution in [2.75, 3.05) is 5.43 Å². The summed E-state index contributed by atoms with van der Waals surface area (Å²) in [7, 11) is 0. The van der Waals surface area contributed by atoms with Gasteiger partial charge in [0.15, 0.2) is 0 Å². The minimum absolute atomic E-state index is 0.0129. The molecule has 0 atom stereocenters. The standard InChI is InChI=1S/C12H11F6N3O2/c1-6(9(19)22)20-21-8-4-2-7(3-5-8)10(23,11(13,14)15)12(16,17)18/h2-5,21,23H,1H3,(H2,19,22). The molecular formula is C12H11F6N3O2. The normalized spacial score (nSPS) is 13.8. The molecule has 1 rings (SSSR count). The highest BCUT2D eigenvalue weighted by molar-refractivity contribution is 6.37. The van der Waals surface area contributed by atoms with Crippen LogP contribution in [0.4, 0.5) is 32.0 Å². The van der Waals surface area contributed by atoms with Gasteiger partial charge < -0.3 is 10.8 Å². The van der Waals surface area contributed by atoms with Crippen LogP contribution in [0.2, 0.25) is 0 Å². The van der Waals surface area contributed by atoms with E-state index in [4.69, 9.17) is 5.73 Å². The largest absolute Gasteiger partial charge is 0.430 e.